The molecule has 2 rings (SSSR count). The van der Waals surface area contributed by atoms with E-state index < -0.39 is 0 Å². The lowest BCUT2D eigenvalue weighted by Gasteiger charge is -2.30. The molecule has 5 heteroatoms. The molecule has 1 heterocycles. The third-order valence-corrected chi connectivity index (χ3v) is 4.12. The summed E-state index contributed by atoms with van der Waals surface area (Å²) in [5, 5.41) is 3.37. The van der Waals surface area contributed by atoms with E-state index in [2.05, 4.69) is 12.2 Å². The lowest BCUT2D eigenvalue weighted by Crippen LogP contribution is -2.39. The molecule has 1 aliphatic heterocycles. The standard InChI is InChI=1S/C16H21ClN2O2/c1-12-7-10-19(11-8-12)15(20)6-9-18-16(21)13-2-4-14(17)5-3-13/h2-5,12H,6-11H2,1H3,(H,18,21). The number of piperidine rings is 1. The molecular weight excluding hydrogens is 288 g/mol. The van der Waals surface area contributed by atoms with Crippen molar-refractivity contribution in [2.45, 2.75) is 26.2 Å². The van der Waals surface area contributed by atoms with Crippen LogP contribution in [-0.4, -0.2) is 36.3 Å². The number of amides is 2. The van der Waals surface area contributed by atoms with E-state index >= 15 is 0 Å². The van der Waals surface area contributed by atoms with Gasteiger partial charge in [0.1, 0.15) is 0 Å². The summed E-state index contributed by atoms with van der Waals surface area (Å²) in [5.74, 6) is 0.656. The molecule has 1 aromatic rings. The zero-order chi connectivity index (χ0) is 15.2. The molecule has 0 saturated carbocycles. The van der Waals surface area contributed by atoms with Gasteiger partial charge in [-0.1, -0.05) is 18.5 Å². The van der Waals surface area contributed by atoms with Gasteiger partial charge in [0.15, 0.2) is 0 Å². The van der Waals surface area contributed by atoms with E-state index in [1.165, 1.54) is 0 Å². The van der Waals surface area contributed by atoms with Crippen LogP contribution in [0.2, 0.25) is 5.02 Å². The summed E-state index contributed by atoms with van der Waals surface area (Å²) in [5.41, 5.74) is 0.554. The van der Waals surface area contributed by atoms with Crippen molar-refractivity contribution in [3.63, 3.8) is 0 Å². The van der Waals surface area contributed by atoms with Crippen molar-refractivity contribution < 1.29 is 9.59 Å². The molecule has 114 valence electrons. The average Bonchev–Trinajstić information content (AvgIpc) is 2.48. The number of nitrogens with one attached hydrogen (secondary N) is 1. The highest BCUT2D eigenvalue weighted by molar-refractivity contribution is 6.30. The van der Waals surface area contributed by atoms with Crippen molar-refractivity contribution >= 4 is 23.4 Å². The van der Waals surface area contributed by atoms with Crippen LogP contribution in [0.5, 0.6) is 0 Å². The van der Waals surface area contributed by atoms with E-state index in [9.17, 15) is 9.59 Å². The fourth-order valence-electron chi connectivity index (χ4n) is 2.40. The molecule has 1 fully saturated rings. The second-order valence-electron chi connectivity index (χ2n) is 5.58. The first-order valence-electron chi connectivity index (χ1n) is 7.38. The van der Waals surface area contributed by atoms with Gasteiger partial charge in [-0.15, -0.1) is 0 Å². The first-order valence-corrected chi connectivity index (χ1v) is 7.75. The number of nitrogens with zero attached hydrogens (tertiary/aromatic N) is 1. The highest BCUT2D eigenvalue weighted by Gasteiger charge is 2.19. The van der Waals surface area contributed by atoms with Crippen LogP contribution in [0.4, 0.5) is 0 Å². The number of hydrogen-bond donors (Lipinski definition) is 1. The molecule has 0 radical (unpaired) electrons. The van der Waals surface area contributed by atoms with Gasteiger partial charge in [0, 0.05) is 36.6 Å². The summed E-state index contributed by atoms with van der Waals surface area (Å²) in [6.07, 6.45) is 2.50. The molecule has 1 N–H and O–H groups in total. The topological polar surface area (TPSA) is 49.4 Å². The summed E-state index contributed by atoms with van der Waals surface area (Å²) in [6.45, 7) is 4.26. The number of likely N-dealkylation sites (tertiary alicyclic amines) is 1. The van der Waals surface area contributed by atoms with E-state index in [4.69, 9.17) is 11.6 Å². The molecule has 1 aromatic carbocycles. The highest BCUT2D eigenvalue weighted by atomic mass is 35.5. The zero-order valence-corrected chi connectivity index (χ0v) is 13.0. The van der Waals surface area contributed by atoms with Crippen LogP contribution in [0.25, 0.3) is 0 Å². The van der Waals surface area contributed by atoms with Crippen molar-refractivity contribution in [1.29, 1.82) is 0 Å². The number of halogens is 1. The molecule has 0 bridgehead atoms. The highest BCUT2D eigenvalue weighted by Crippen LogP contribution is 2.16. The van der Waals surface area contributed by atoms with Crippen molar-refractivity contribution in [1.82, 2.24) is 10.2 Å². The van der Waals surface area contributed by atoms with Gasteiger partial charge in [0.05, 0.1) is 0 Å². The van der Waals surface area contributed by atoms with E-state index in [0.29, 0.717) is 29.5 Å². The van der Waals surface area contributed by atoms with Crippen molar-refractivity contribution in [3.05, 3.63) is 34.9 Å². The number of benzene rings is 1. The second-order valence-corrected chi connectivity index (χ2v) is 6.01. The molecule has 1 aliphatic rings. The largest absolute Gasteiger partial charge is 0.352 e. The fourth-order valence-corrected chi connectivity index (χ4v) is 2.53. The van der Waals surface area contributed by atoms with E-state index in [-0.39, 0.29) is 11.8 Å². The Bertz CT molecular complexity index is 494. The lowest BCUT2D eigenvalue weighted by atomic mass is 9.99. The Morgan fingerprint density at radius 3 is 2.48 bits per heavy atom. The Balaban J connectivity index is 1.72. The van der Waals surface area contributed by atoms with Gasteiger partial charge in [-0.05, 0) is 43.0 Å². The molecule has 2 amide bonds. The summed E-state index contributed by atoms with van der Waals surface area (Å²) in [7, 11) is 0. The minimum absolute atomic E-state index is 0.123. The van der Waals surface area contributed by atoms with Crippen LogP contribution in [0.1, 0.15) is 36.5 Å². The number of hydrogen-bond acceptors (Lipinski definition) is 2. The molecule has 21 heavy (non-hydrogen) atoms. The van der Waals surface area contributed by atoms with Crippen LogP contribution in [0.3, 0.4) is 0 Å². The Morgan fingerprint density at radius 1 is 1.24 bits per heavy atom. The molecule has 0 unspecified atom stereocenters. The second kappa shape index (κ2) is 7.46. The minimum atomic E-state index is -0.174. The van der Waals surface area contributed by atoms with Crippen LogP contribution < -0.4 is 5.32 Å². The maximum Gasteiger partial charge on any atom is 0.251 e. The molecule has 0 aromatic heterocycles. The van der Waals surface area contributed by atoms with Gasteiger partial charge in [0.2, 0.25) is 5.91 Å². The fraction of sp³-hybridized carbons (Fsp3) is 0.500. The smallest absolute Gasteiger partial charge is 0.251 e. The van der Waals surface area contributed by atoms with Gasteiger partial charge < -0.3 is 10.2 Å². The van der Waals surface area contributed by atoms with Crippen LogP contribution >= 0.6 is 11.6 Å². The van der Waals surface area contributed by atoms with Crippen molar-refractivity contribution in [2.24, 2.45) is 5.92 Å². The van der Waals surface area contributed by atoms with E-state index in [1.54, 1.807) is 24.3 Å². The SMILES string of the molecule is CC1CCN(C(=O)CCNC(=O)c2ccc(Cl)cc2)CC1. The Labute approximate surface area is 130 Å². The summed E-state index contributed by atoms with van der Waals surface area (Å²) in [6, 6.07) is 6.70. The van der Waals surface area contributed by atoms with Gasteiger partial charge in [-0.25, -0.2) is 0 Å². The zero-order valence-electron chi connectivity index (χ0n) is 12.3. The number of rotatable bonds is 4. The molecule has 1 saturated heterocycles. The maximum atomic E-state index is 12.0. The molecule has 0 spiro atoms. The predicted molar refractivity (Wildman–Crippen MR) is 83.4 cm³/mol. The Morgan fingerprint density at radius 2 is 1.86 bits per heavy atom. The predicted octanol–water partition coefficient (Wildman–Crippen LogP) is 2.72. The molecule has 0 aliphatic carbocycles. The first-order chi connectivity index (χ1) is 10.1. The van der Waals surface area contributed by atoms with Crippen LogP contribution in [-0.2, 0) is 4.79 Å². The van der Waals surface area contributed by atoms with E-state index in [1.807, 2.05) is 4.90 Å². The number of carbonyl (C=O) groups is 2. The maximum absolute atomic E-state index is 12.0. The first kappa shape index (κ1) is 15.8. The van der Waals surface area contributed by atoms with Crippen molar-refractivity contribution in [2.75, 3.05) is 19.6 Å². The minimum Gasteiger partial charge on any atom is -0.352 e. The third-order valence-electron chi connectivity index (χ3n) is 3.87. The summed E-state index contributed by atoms with van der Waals surface area (Å²) >= 11 is 5.78. The van der Waals surface area contributed by atoms with Crippen molar-refractivity contribution in [3.8, 4) is 0 Å². The summed E-state index contributed by atoms with van der Waals surface area (Å²) in [4.78, 5) is 25.8. The summed E-state index contributed by atoms with van der Waals surface area (Å²) < 4.78 is 0. The normalized spacial score (nSPS) is 15.8. The average molecular weight is 309 g/mol. The van der Waals surface area contributed by atoms with Crippen LogP contribution in [0.15, 0.2) is 24.3 Å². The number of carbonyl (C=O) groups excluding carboxylic acids is 2. The van der Waals surface area contributed by atoms with Gasteiger partial charge in [-0.3, -0.25) is 9.59 Å². The van der Waals surface area contributed by atoms with Gasteiger partial charge >= 0.3 is 0 Å². The van der Waals surface area contributed by atoms with E-state index in [0.717, 1.165) is 25.9 Å². The lowest BCUT2D eigenvalue weighted by molar-refractivity contribution is -0.132. The Hall–Kier alpha value is -1.55. The molecule has 4 nitrogen and oxygen atoms in total. The van der Waals surface area contributed by atoms with Gasteiger partial charge in [0.25, 0.3) is 5.91 Å². The Kier molecular flexibility index (Phi) is 5.62. The van der Waals surface area contributed by atoms with Crippen LogP contribution in [0, 0.1) is 5.92 Å². The molecule has 0 atom stereocenters. The third kappa shape index (κ3) is 4.74. The molecular formula is C16H21ClN2O2. The van der Waals surface area contributed by atoms with Gasteiger partial charge in [-0.2, -0.15) is 0 Å². The quantitative estimate of drug-likeness (QED) is 0.930. The monoisotopic (exact) mass is 308 g/mol.